The molecule has 0 spiro atoms. The molecule has 0 aliphatic heterocycles. The molecule has 1 aliphatic carbocycles. The van der Waals surface area contributed by atoms with Gasteiger partial charge in [0.25, 0.3) is 0 Å². The lowest BCUT2D eigenvalue weighted by molar-refractivity contribution is -0.0614. The van der Waals surface area contributed by atoms with Crippen molar-refractivity contribution in [1.82, 2.24) is 5.32 Å². The van der Waals surface area contributed by atoms with Crippen LogP contribution in [-0.2, 0) is 4.74 Å². The van der Waals surface area contributed by atoms with Crippen molar-refractivity contribution in [2.45, 2.75) is 58.2 Å². The molecule has 0 saturated heterocycles. The molecular weight excluding hydrogens is 282 g/mol. The highest BCUT2D eigenvalue weighted by Gasteiger charge is 2.28. The van der Waals surface area contributed by atoms with Crippen LogP contribution in [0, 0.1) is 5.92 Å². The van der Waals surface area contributed by atoms with Crippen LogP contribution in [0.3, 0.4) is 0 Å². The molecule has 1 fully saturated rings. The molecule has 3 atom stereocenters. The third kappa shape index (κ3) is 4.70. The first-order valence-corrected chi connectivity index (χ1v) is 8.74. The van der Waals surface area contributed by atoms with E-state index < -0.39 is 0 Å². The second kappa shape index (κ2) is 8.77. The third-order valence-electron chi connectivity index (χ3n) is 4.53. The van der Waals surface area contributed by atoms with Crippen LogP contribution >= 0.6 is 11.6 Å². The molecule has 0 bridgehead atoms. The van der Waals surface area contributed by atoms with E-state index in [4.69, 9.17) is 16.3 Å². The largest absolute Gasteiger partial charge is 0.369 e. The summed E-state index contributed by atoms with van der Waals surface area (Å²) in [4.78, 5) is 0. The fourth-order valence-electron chi connectivity index (χ4n) is 3.27. The van der Waals surface area contributed by atoms with E-state index in [2.05, 4.69) is 25.2 Å². The van der Waals surface area contributed by atoms with Crippen molar-refractivity contribution in [3.63, 3.8) is 0 Å². The molecule has 3 unspecified atom stereocenters. The topological polar surface area (TPSA) is 21.3 Å². The van der Waals surface area contributed by atoms with E-state index in [9.17, 15) is 0 Å². The molecule has 2 rings (SSSR count). The van der Waals surface area contributed by atoms with Crippen LogP contribution in [-0.4, -0.2) is 19.2 Å². The van der Waals surface area contributed by atoms with Crippen molar-refractivity contribution >= 4 is 11.6 Å². The summed E-state index contributed by atoms with van der Waals surface area (Å²) < 4.78 is 6.52. The minimum absolute atomic E-state index is 0.0517. The van der Waals surface area contributed by atoms with Crippen LogP contribution in [0.1, 0.15) is 57.6 Å². The molecule has 0 radical (unpaired) electrons. The van der Waals surface area contributed by atoms with Gasteiger partial charge < -0.3 is 10.1 Å². The maximum Gasteiger partial charge on any atom is 0.0967 e. The maximum atomic E-state index is 6.52. The van der Waals surface area contributed by atoms with Gasteiger partial charge in [0, 0.05) is 17.1 Å². The van der Waals surface area contributed by atoms with Crippen LogP contribution in [0.25, 0.3) is 0 Å². The average Bonchev–Trinajstić information content (AvgIpc) is 2.52. The summed E-state index contributed by atoms with van der Waals surface area (Å²) >= 11 is 6.38. The number of hydrogen-bond donors (Lipinski definition) is 1. The summed E-state index contributed by atoms with van der Waals surface area (Å²) in [5.74, 6) is 0.699. The van der Waals surface area contributed by atoms with Crippen molar-refractivity contribution in [2.24, 2.45) is 5.92 Å². The molecule has 21 heavy (non-hydrogen) atoms. The monoisotopic (exact) mass is 309 g/mol. The summed E-state index contributed by atoms with van der Waals surface area (Å²) in [7, 11) is 0. The summed E-state index contributed by atoms with van der Waals surface area (Å²) in [5.41, 5.74) is 1.11. The first-order valence-electron chi connectivity index (χ1n) is 8.36. The standard InChI is InChI=1S/C18H28ClNO/c1-3-14-9-5-8-12-17(14)21-18(13-20-4-2)15-10-6-7-11-16(15)19/h6-7,10-11,14,17-18,20H,3-5,8-9,12-13H2,1-2H3. The molecule has 0 amide bonds. The van der Waals surface area contributed by atoms with Crippen molar-refractivity contribution in [2.75, 3.05) is 13.1 Å². The zero-order chi connectivity index (χ0) is 15.1. The van der Waals surface area contributed by atoms with Gasteiger partial charge in [0.05, 0.1) is 12.2 Å². The minimum atomic E-state index is 0.0517. The van der Waals surface area contributed by atoms with Gasteiger partial charge in [-0.2, -0.15) is 0 Å². The van der Waals surface area contributed by atoms with Crippen molar-refractivity contribution < 1.29 is 4.74 Å². The van der Waals surface area contributed by atoms with E-state index in [0.717, 1.165) is 23.7 Å². The molecule has 0 heterocycles. The van der Waals surface area contributed by atoms with Crippen molar-refractivity contribution in [3.8, 4) is 0 Å². The first kappa shape index (κ1) is 16.8. The zero-order valence-electron chi connectivity index (χ0n) is 13.3. The van der Waals surface area contributed by atoms with Gasteiger partial charge in [-0.05, 0) is 31.4 Å². The number of benzene rings is 1. The Labute approximate surface area is 134 Å². The predicted octanol–water partition coefficient (Wildman–Crippen LogP) is 4.98. The number of ether oxygens (including phenoxy) is 1. The molecule has 2 nitrogen and oxygen atoms in total. The average molecular weight is 310 g/mol. The Balaban J connectivity index is 2.10. The summed E-state index contributed by atoms with van der Waals surface area (Å²) in [6.07, 6.45) is 6.77. The number of likely N-dealkylation sites (N-methyl/N-ethyl adjacent to an activating group) is 1. The molecule has 3 heteroatoms. The van der Waals surface area contributed by atoms with Gasteiger partial charge in [0.2, 0.25) is 0 Å². The second-order valence-electron chi connectivity index (χ2n) is 5.95. The quantitative estimate of drug-likeness (QED) is 0.767. The lowest BCUT2D eigenvalue weighted by Crippen LogP contribution is -2.32. The molecular formula is C18H28ClNO. The Morgan fingerprint density at radius 3 is 2.71 bits per heavy atom. The molecule has 1 aliphatic rings. The van der Waals surface area contributed by atoms with Crippen LogP contribution in [0.15, 0.2) is 24.3 Å². The van der Waals surface area contributed by atoms with Gasteiger partial charge in [-0.1, -0.05) is 62.9 Å². The molecule has 0 aromatic heterocycles. The van der Waals surface area contributed by atoms with Gasteiger partial charge in [-0.15, -0.1) is 0 Å². The summed E-state index contributed by atoms with van der Waals surface area (Å²) in [6, 6.07) is 8.07. The highest BCUT2D eigenvalue weighted by molar-refractivity contribution is 6.31. The van der Waals surface area contributed by atoms with Crippen molar-refractivity contribution in [1.29, 1.82) is 0 Å². The molecule has 1 saturated carbocycles. The van der Waals surface area contributed by atoms with E-state index >= 15 is 0 Å². The Hall–Kier alpha value is -0.570. The summed E-state index contributed by atoms with van der Waals surface area (Å²) in [5, 5.41) is 4.22. The Morgan fingerprint density at radius 2 is 2.00 bits per heavy atom. The van der Waals surface area contributed by atoms with E-state index in [1.54, 1.807) is 0 Å². The van der Waals surface area contributed by atoms with Crippen LogP contribution in [0.4, 0.5) is 0 Å². The minimum Gasteiger partial charge on any atom is -0.369 e. The predicted molar refractivity (Wildman–Crippen MR) is 89.9 cm³/mol. The Bertz CT molecular complexity index is 423. The molecule has 118 valence electrons. The van der Waals surface area contributed by atoms with E-state index in [0.29, 0.717) is 12.0 Å². The number of halogens is 1. The van der Waals surface area contributed by atoms with Crippen LogP contribution < -0.4 is 5.32 Å². The highest BCUT2D eigenvalue weighted by atomic mass is 35.5. The van der Waals surface area contributed by atoms with Gasteiger partial charge in [0.1, 0.15) is 0 Å². The van der Waals surface area contributed by atoms with E-state index in [-0.39, 0.29) is 6.10 Å². The van der Waals surface area contributed by atoms with Gasteiger partial charge in [0.15, 0.2) is 0 Å². The lowest BCUT2D eigenvalue weighted by Gasteiger charge is -2.34. The van der Waals surface area contributed by atoms with E-state index in [1.165, 1.54) is 32.1 Å². The van der Waals surface area contributed by atoms with Gasteiger partial charge in [-0.25, -0.2) is 0 Å². The number of nitrogens with one attached hydrogen (secondary N) is 1. The maximum absolute atomic E-state index is 6.52. The fraction of sp³-hybridized carbons (Fsp3) is 0.667. The van der Waals surface area contributed by atoms with Crippen molar-refractivity contribution in [3.05, 3.63) is 34.9 Å². The summed E-state index contributed by atoms with van der Waals surface area (Å²) in [6.45, 7) is 6.18. The Kier molecular flexibility index (Phi) is 7.01. The second-order valence-corrected chi connectivity index (χ2v) is 6.35. The SMILES string of the molecule is CCNCC(OC1CCCCC1CC)c1ccccc1Cl. The van der Waals surface area contributed by atoms with Crippen LogP contribution in [0.5, 0.6) is 0 Å². The Morgan fingerprint density at radius 1 is 1.24 bits per heavy atom. The molecule has 1 aromatic carbocycles. The molecule has 1 N–H and O–H groups in total. The first-order chi connectivity index (χ1) is 10.3. The van der Waals surface area contributed by atoms with E-state index in [1.807, 2.05) is 18.2 Å². The zero-order valence-corrected chi connectivity index (χ0v) is 14.0. The fourth-order valence-corrected chi connectivity index (χ4v) is 3.53. The highest BCUT2D eigenvalue weighted by Crippen LogP contribution is 2.34. The molecule has 1 aromatic rings. The number of hydrogen-bond acceptors (Lipinski definition) is 2. The van der Waals surface area contributed by atoms with Gasteiger partial charge >= 0.3 is 0 Å². The normalized spacial score (nSPS) is 24.0. The smallest absolute Gasteiger partial charge is 0.0967 e. The third-order valence-corrected chi connectivity index (χ3v) is 4.88. The number of rotatable bonds is 7. The van der Waals surface area contributed by atoms with Crippen LogP contribution in [0.2, 0.25) is 5.02 Å². The van der Waals surface area contributed by atoms with Gasteiger partial charge in [-0.3, -0.25) is 0 Å². The lowest BCUT2D eigenvalue weighted by atomic mass is 9.84.